The zero-order chi connectivity index (χ0) is 52.6. The second kappa shape index (κ2) is 24.9. The highest BCUT2D eigenvalue weighted by atomic mass is 32.2. The minimum absolute atomic E-state index is 0.0614. The molecule has 14 nitrogen and oxygen atoms in total. The van der Waals surface area contributed by atoms with Gasteiger partial charge in [-0.3, -0.25) is 9.59 Å². The number of benzene rings is 3. The second-order valence-electron chi connectivity index (χ2n) is 21.1. The molecule has 4 fully saturated rings. The van der Waals surface area contributed by atoms with Crippen LogP contribution in [0.2, 0.25) is 0 Å². The van der Waals surface area contributed by atoms with E-state index in [0.717, 1.165) is 135 Å². The molecule has 5 aromatic rings. The highest BCUT2D eigenvalue weighted by Gasteiger charge is 2.49. The minimum Gasteiger partial charge on any atom is -0.453 e. The molecule has 0 radical (unpaired) electrons. The normalized spacial score (nSPS) is 22.0. The number of alkyl carbamates (subject to hydrolysis) is 2. The lowest BCUT2D eigenvalue weighted by molar-refractivity contribution is -0.138. The number of hydrogen-bond donors (Lipinski definition) is 4. The molecule has 2 saturated carbocycles. The van der Waals surface area contributed by atoms with Crippen molar-refractivity contribution in [1.82, 2.24) is 40.4 Å². The molecule has 2 saturated heterocycles. The van der Waals surface area contributed by atoms with Crippen molar-refractivity contribution in [3.8, 4) is 33.6 Å². The molecule has 16 heteroatoms. The summed E-state index contributed by atoms with van der Waals surface area (Å²) in [6, 6.07) is 20.6. The Hall–Kier alpha value is -5.74. The standard InChI is InChI=1S/C59H76N8O6S2/c1-7-38-30-45(49-35-61-55(63-49)53-33-43-13-9-11-15-51(43)67(53)57(69)47(27-29-75-6)65-59(71)73-4)41(21-20-37-18-16-36(2)17-19-37)31-44(38)39-22-24-40(25-23-39)48-34-60-54(62-48)52-32-42-12-8-10-14-50(42)66(52)56(68)46(26-28-74-5)64-58(70)72-3/h16-19,22-25,30-31,34-35,42-43,46-47,50-53H,7-15,20-21,26-29,32-33H2,1-6H3,(H,60,62)(H,61,63)(H,64,70)(H,65,71). The number of amides is 4. The number of H-pyrrole nitrogens is 2. The van der Waals surface area contributed by atoms with E-state index in [1.54, 1.807) is 23.5 Å². The first-order chi connectivity index (χ1) is 36.5. The third-order valence-corrected chi connectivity index (χ3v) is 17.9. The third-order valence-electron chi connectivity index (χ3n) is 16.6. The van der Waals surface area contributed by atoms with Crippen molar-refractivity contribution in [3.63, 3.8) is 0 Å². The Morgan fingerprint density at radius 1 is 0.653 bits per heavy atom. The number of thioether (sulfide) groups is 2. The molecule has 0 spiro atoms. The second-order valence-corrected chi connectivity index (χ2v) is 23.1. The average Bonchev–Trinajstić information content (AvgIpc) is 4.30. The van der Waals surface area contributed by atoms with Crippen molar-refractivity contribution in [1.29, 1.82) is 0 Å². The summed E-state index contributed by atoms with van der Waals surface area (Å²) >= 11 is 3.31. The van der Waals surface area contributed by atoms with Crippen LogP contribution < -0.4 is 10.6 Å². The maximum absolute atomic E-state index is 14.7. The first-order valence-electron chi connectivity index (χ1n) is 27.3. The molecule has 2 aliphatic carbocycles. The van der Waals surface area contributed by atoms with E-state index in [2.05, 4.69) is 100 Å². The van der Waals surface area contributed by atoms with Crippen LogP contribution in [-0.2, 0) is 38.3 Å². The average molecular weight is 1060 g/mol. The number of rotatable bonds is 19. The largest absolute Gasteiger partial charge is 0.453 e. The number of fused-ring (bicyclic) bond motifs is 2. The Bertz CT molecular complexity index is 2760. The molecule has 0 bridgehead atoms. The Kier molecular flexibility index (Phi) is 18.0. The van der Waals surface area contributed by atoms with Crippen LogP contribution in [0.4, 0.5) is 9.59 Å². The topological polar surface area (TPSA) is 175 Å². The maximum atomic E-state index is 14.7. The number of ether oxygens (including phenoxy) is 2. The van der Waals surface area contributed by atoms with E-state index in [9.17, 15) is 19.2 Å². The third kappa shape index (κ3) is 12.1. The van der Waals surface area contributed by atoms with Gasteiger partial charge in [0.15, 0.2) is 0 Å². The van der Waals surface area contributed by atoms with Crippen molar-refractivity contribution >= 4 is 47.5 Å². The molecule has 400 valence electrons. The zero-order valence-electron chi connectivity index (χ0n) is 44.6. The van der Waals surface area contributed by atoms with Crippen LogP contribution >= 0.6 is 23.5 Å². The number of nitrogens with zero attached hydrogens (tertiary/aromatic N) is 4. The summed E-state index contributed by atoms with van der Waals surface area (Å²) in [4.78, 5) is 75.7. The monoisotopic (exact) mass is 1060 g/mol. The number of carbonyl (C=O) groups excluding carboxylic acids is 4. The summed E-state index contributed by atoms with van der Waals surface area (Å²) < 4.78 is 9.92. The number of nitrogens with one attached hydrogen (secondary N) is 4. The van der Waals surface area contributed by atoms with E-state index < -0.39 is 24.3 Å². The smallest absolute Gasteiger partial charge is 0.407 e. The fourth-order valence-corrected chi connectivity index (χ4v) is 13.6. The quantitative estimate of drug-likeness (QED) is 0.0623. The fraction of sp³-hybridized carbons (Fsp3) is 0.525. The van der Waals surface area contributed by atoms with Crippen LogP contribution in [0.5, 0.6) is 0 Å². The Balaban J connectivity index is 1.01. The van der Waals surface area contributed by atoms with Crippen molar-refractivity contribution in [2.45, 2.75) is 146 Å². The van der Waals surface area contributed by atoms with E-state index >= 15 is 0 Å². The van der Waals surface area contributed by atoms with Gasteiger partial charge >= 0.3 is 12.2 Å². The molecule has 3 aromatic carbocycles. The number of imidazole rings is 2. The number of hydrogen-bond acceptors (Lipinski definition) is 10. The van der Waals surface area contributed by atoms with Crippen molar-refractivity contribution in [2.24, 2.45) is 11.8 Å². The van der Waals surface area contributed by atoms with Gasteiger partial charge in [-0.1, -0.05) is 92.8 Å². The lowest BCUT2D eigenvalue weighted by Crippen LogP contribution is -2.52. The van der Waals surface area contributed by atoms with Gasteiger partial charge < -0.3 is 39.9 Å². The summed E-state index contributed by atoms with van der Waals surface area (Å²) in [5.41, 5.74) is 11.2. The summed E-state index contributed by atoms with van der Waals surface area (Å²) in [6.45, 7) is 4.32. The van der Waals surface area contributed by atoms with E-state index in [0.29, 0.717) is 24.7 Å². The number of likely N-dealkylation sites (tertiary alicyclic amines) is 2. The Morgan fingerprint density at radius 2 is 1.15 bits per heavy atom. The van der Waals surface area contributed by atoms with Crippen molar-refractivity contribution in [3.05, 3.63) is 107 Å². The van der Waals surface area contributed by atoms with Gasteiger partial charge in [-0.15, -0.1) is 0 Å². The van der Waals surface area contributed by atoms with E-state index in [1.807, 2.05) is 29.8 Å². The van der Waals surface area contributed by atoms with E-state index in [1.165, 1.54) is 42.0 Å². The Morgan fingerprint density at radius 3 is 1.67 bits per heavy atom. The lowest BCUT2D eigenvalue weighted by Gasteiger charge is -2.36. The molecule has 75 heavy (non-hydrogen) atoms. The minimum atomic E-state index is -0.683. The van der Waals surface area contributed by atoms with Gasteiger partial charge in [-0.2, -0.15) is 23.5 Å². The van der Waals surface area contributed by atoms with Gasteiger partial charge in [-0.25, -0.2) is 19.6 Å². The molecule has 4 N–H and O–H groups in total. The lowest BCUT2D eigenvalue weighted by atomic mass is 9.84. The number of methoxy groups -OCH3 is 2. The molecule has 2 aliphatic heterocycles. The number of aromatic amines is 2. The Labute approximate surface area is 451 Å². The molecule has 4 aliphatic rings. The summed E-state index contributed by atoms with van der Waals surface area (Å²) in [5, 5.41) is 5.72. The molecule has 8 unspecified atom stereocenters. The molecule has 4 amide bonds. The SMILES string of the molecule is CCc1cc(-c2cnc(C3CC4CCCCC4N3C(=O)C(CCSC)NC(=O)OC)[nH]2)c(CCc2ccc(C)cc2)cc1-c1ccc(-c2cnc(C3CC4CCCCC4N3C(=O)C(CCSC)NC(=O)OC)[nH]2)cc1. The number of carbonyl (C=O) groups is 4. The summed E-state index contributed by atoms with van der Waals surface area (Å²) in [7, 11) is 2.67. The van der Waals surface area contributed by atoms with Gasteiger partial charge in [0.05, 0.1) is 50.1 Å². The molecule has 4 heterocycles. The predicted molar refractivity (Wildman–Crippen MR) is 300 cm³/mol. The van der Waals surface area contributed by atoms with Crippen LogP contribution in [0, 0.1) is 18.8 Å². The van der Waals surface area contributed by atoms with Crippen molar-refractivity contribution < 1.29 is 28.7 Å². The van der Waals surface area contributed by atoms with Crippen LogP contribution in [0.25, 0.3) is 33.6 Å². The number of aromatic nitrogens is 4. The van der Waals surface area contributed by atoms with Crippen LogP contribution in [0.1, 0.15) is 130 Å². The summed E-state index contributed by atoms with van der Waals surface area (Å²) in [5.74, 6) is 3.68. The van der Waals surface area contributed by atoms with Crippen LogP contribution in [-0.4, -0.2) is 116 Å². The van der Waals surface area contributed by atoms with Gasteiger partial charge in [-0.05, 0) is 153 Å². The zero-order valence-corrected chi connectivity index (χ0v) is 46.3. The van der Waals surface area contributed by atoms with Crippen molar-refractivity contribution in [2.75, 3.05) is 38.2 Å². The summed E-state index contributed by atoms with van der Waals surface area (Å²) in [6.07, 6.45) is 20.4. The first-order valence-corrected chi connectivity index (χ1v) is 30.0. The molecular weight excluding hydrogens is 981 g/mol. The van der Waals surface area contributed by atoms with E-state index in [4.69, 9.17) is 19.4 Å². The molecule has 8 atom stereocenters. The molecular formula is C59H76N8O6S2. The van der Waals surface area contributed by atoms with Crippen LogP contribution in [0.3, 0.4) is 0 Å². The van der Waals surface area contributed by atoms with Gasteiger partial charge in [0, 0.05) is 17.6 Å². The van der Waals surface area contributed by atoms with Gasteiger partial charge in [0.25, 0.3) is 0 Å². The highest BCUT2D eigenvalue weighted by molar-refractivity contribution is 7.98. The molecule has 2 aromatic heterocycles. The maximum Gasteiger partial charge on any atom is 0.407 e. The van der Waals surface area contributed by atoms with Gasteiger partial charge in [0.1, 0.15) is 23.7 Å². The van der Waals surface area contributed by atoms with E-state index in [-0.39, 0.29) is 36.0 Å². The van der Waals surface area contributed by atoms with Gasteiger partial charge in [0.2, 0.25) is 11.8 Å². The highest BCUT2D eigenvalue weighted by Crippen LogP contribution is 2.48. The predicted octanol–water partition coefficient (Wildman–Crippen LogP) is 11.4. The number of aryl methyl sites for hydroxylation is 4. The fourth-order valence-electron chi connectivity index (χ4n) is 12.7. The van der Waals surface area contributed by atoms with Crippen LogP contribution in [0.15, 0.2) is 73.1 Å². The molecule has 9 rings (SSSR count). The first kappa shape index (κ1) is 54.1.